The zero-order valence-electron chi connectivity index (χ0n) is 11.5. The summed E-state index contributed by atoms with van der Waals surface area (Å²) in [5, 5.41) is 0. The van der Waals surface area contributed by atoms with Gasteiger partial charge in [0.1, 0.15) is 5.75 Å². The van der Waals surface area contributed by atoms with Crippen LogP contribution in [0.15, 0.2) is 30.3 Å². The van der Waals surface area contributed by atoms with Crippen LogP contribution >= 0.6 is 0 Å². The fraction of sp³-hybridized carbons (Fsp3) is 0.417. The van der Waals surface area contributed by atoms with Crippen molar-refractivity contribution in [1.29, 1.82) is 0 Å². The summed E-state index contributed by atoms with van der Waals surface area (Å²) < 4.78 is 39.0. The Balaban J connectivity index is 0.000000555. The Kier molecular flexibility index (Phi) is 5.68. The van der Waals surface area contributed by atoms with Crippen LogP contribution in [0.25, 0.3) is 0 Å². The van der Waals surface area contributed by atoms with Crippen molar-refractivity contribution in [2.75, 3.05) is 30.8 Å². The fourth-order valence-corrected chi connectivity index (χ4v) is 2.45. The average Bonchev–Trinajstić information content (AvgIpc) is 2.12. The number of Topliss-reactive ketones (excluding diaryl/α,β-unsaturated/α-hetero) is 1. The summed E-state index contributed by atoms with van der Waals surface area (Å²) in [5.41, 5.74) is 0.836. The SMILES string of the molecule is C[S+](C)(C)(C)CC(=O)c1ccccc1.F[B-](F)(F)F. The predicted molar refractivity (Wildman–Crippen MR) is 76.9 cm³/mol. The van der Waals surface area contributed by atoms with Gasteiger partial charge in [0.25, 0.3) is 0 Å². The molecular formula is C12H19BF4OS. The minimum absolute atomic E-state index is 0.266. The van der Waals surface area contributed by atoms with E-state index < -0.39 is 16.4 Å². The molecule has 1 aromatic carbocycles. The van der Waals surface area contributed by atoms with E-state index in [1.165, 1.54) is 0 Å². The third-order valence-corrected chi connectivity index (χ3v) is 3.22. The molecule has 0 bridgehead atoms. The molecule has 0 heterocycles. The van der Waals surface area contributed by atoms with Crippen LogP contribution in [0, 0.1) is 0 Å². The van der Waals surface area contributed by atoms with Crippen molar-refractivity contribution in [3.8, 4) is 0 Å². The smallest absolute Gasteiger partial charge is 0.418 e. The number of carbonyl (C=O) groups is 1. The van der Waals surface area contributed by atoms with E-state index in [-0.39, 0.29) is 5.78 Å². The summed E-state index contributed by atoms with van der Waals surface area (Å²) in [7, 11) is -7.48. The molecule has 1 rings (SSSR count). The lowest BCUT2D eigenvalue weighted by molar-refractivity contribution is 0.102. The lowest BCUT2D eigenvalue weighted by Crippen LogP contribution is -2.44. The fourth-order valence-electron chi connectivity index (χ4n) is 1.23. The Morgan fingerprint density at radius 2 is 1.37 bits per heavy atom. The van der Waals surface area contributed by atoms with E-state index in [1.54, 1.807) is 0 Å². The molecule has 0 spiro atoms. The lowest BCUT2D eigenvalue weighted by Gasteiger charge is -2.40. The molecule has 19 heavy (non-hydrogen) atoms. The quantitative estimate of drug-likeness (QED) is 0.362. The second-order valence-corrected chi connectivity index (χ2v) is 13.5. The minimum atomic E-state index is -6.00. The highest BCUT2D eigenvalue weighted by Gasteiger charge is 2.28. The van der Waals surface area contributed by atoms with Gasteiger partial charge in [-0.3, -0.25) is 4.79 Å². The van der Waals surface area contributed by atoms with Crippen LogP contribution in [0.1, 0.15) is 10.4 Å². The molecule has 7 heteroatoms. The average molecular weight is 298 g/mol. The number of hydrogen-bond donors (Lipinski definition) is 0. The Bertz CT molecular complexity index is 408. The van der Waals surface area contributed by atoms with Crippen molar-refractivity contribution < 1.29 is 22.1 Å². The normalized spacial score (nSPS) is 13.8. The summed E-state index contributed by atoms with van der Waals surface area (Å²) in [6, 6.07) is 9.54. The second-order valence-electron chi connectivity index (χ2n) is 6.03. The number of carbonyl (C=O) groups excluding carboxylic acids is 1. The molecule has 0 saturated heterocycles. The van der Waals surface area contributed by atoms with Gasteiger partial charge in [0.05, 0.1) is 0 Å². The third kappa shape index (κ3) is 13.3. The Hall–Kier alpha value is -0.975. The number of hydrogen-bond acceptors (Lipinski definition) is 1. The molecule has 0 aliphatic heterocycles. The molecule has 0 fully saturated rings. The van der Waals surface area contributed by atoms with Crippen LogP contribution in [0.2, 0.25) is 0 Å². The number of ketones is 1. The molecule has 0 N–H and O–H groups in total. The van der Waals surface area contributed by atoms with Gasteiger partial charge in [0.15, 0.2) is 0 Å². The van der Waals surface area contributed by atoms with E-state index in [0.29, 0.717) is 5.75 Å². The molecule has 0 radical (unpaired) electrons. The topological polar surface area (TPSA) is 17.1 Å². The molecule has 1 aromatic rings. The predicted octanol–water partition coefficient (Wildman–Crippen LogP) is 3.38. The van der Waals surface area contributed by atoms with Gasteiger partial charge in [0, 0.05) is 30.6 Å². The van der Waals surface area contributed by atoms with Crippen molar-refractivity contribution in [3.63, 3.8) is 0 Å². The molecule has 0 aliphatic rings. The summed E-state index contributed by atoms with van der Waals surface area (Å²) in [4.78, 5) is 11.9. The first-order valence-corrected chi connectivity index (χ1v) is 9.36. The van der Waals surface area contributed by atoms with Gasteiger partial charge in [-0.2, -0.15) is 0 Å². The van der Waals surface area contributed by atoms with Crippen molar-refractivity contribution in [3.05, 3.63) is 35.9 Å². The first-order chi connectivity index (χ1) is 8.24. The summed E-state index contributed by atoms with van der Waals surface area (Å²) >= 11 is 0. The van der Waals surface area contributed by atoms with Gasteiger partial charge in [-0.05, 0) is 0 Å². The van der Waals surface area contributed by atoms with Gasteiger partial charge in [-0.25, -0.2) is 9.16 Å². The largest absolute Gasteiger partial charge is 0.673 e. The number of rotatable bonds is 3. The Labute approximate surface area is 111 Å². The van der Waals surface area contributed by atoms with E-state index >= 15 is 0 Å². The van der Waals surface area contributed by atoms with E-state index in [2.05, 4.69) is 25.0 Å². The first kappa shape index (κ1) is 18.0. The van der Waals surface area contributed by atoms with E-state index in [4.69, 9.17) is 0 Å². The van der Waals surface area contributed by atoms with E-state index in [1.807, 2.05) is 30.3 Å². The van der Waals surface area contributed by atoms with Crippen LogP contribution in [0.5, 0.6) is 0 Å². The Morgan fingerprint density at radius 3 is 1.68 bits per heavy atom. The van der Waals surface area contributed by atoms with Crippen LogP contribution in [0.3, 0.4) is 0 Å². The van der Waals surface area contributed by atoms with Gasteiger partial charge in [-0.1, -0.05) is 30.3 Å². The molecule has 0 amide bonds. The molecule has 0 aliphatic carbocycles. The highest BCUT2D eigenvalue weighted by atomic mass is 32.3. The molecule has 0 unspecified atom stereocenters. The van der Waals surface area contributed by atoms with Gasteiger partial charge >= 0.3 is 7.25 Å². The molecule has 110 valence electrons. The highest BCUT2D eigenvalue weighted by molar-refractivity contribution is 8.28. The molecule has 0 aromatic heterocycles. The van der Waals surface area contributed by atoms with Gasteiger partial charge < -0.3 is 17.3 Å². The zero-order chi connectivity index (χ0) is 15.3. The number of benzene rings is 1. The summed E-state index contributed by atoms with van der Waals surface area (Å²) in [6.07, 6.45) is 8.83. The molecule has 1 nitrogen and oxygen atoms in total. The summed E-state index contributed by atoms with van der Waals surface area (Å²) in [6.45, 7) is 0. The summed E-state index contributed by atoms with van der Waals surface area (Å²) in [5.74, 6) is 0.948. The monoisotopic (exact) mass is 298 g/mol. The second kappa shape index (κ2) is 5.99. The lowest BCUT2D eigenvalue weighted by atomic mass is 10.2. The standard InChI is InChI=1S/C12H19OS.BF4/c1-14(2,3,4)10-12(13)11-8-6-5-7-9-11;2-1(3,4)5/h5-9H,10H2,1-4H3;/q+1;-1. The van der Waals surface area contributed by atoms with Crippen LogP contribution in [0.4, 0.5) is 17.3 Å². The van der Waals surface area contributed by atoms with Crippen LogP contribution < -0.4 is 0 Å². The molecule has 0 saturated carbocycles. The van der Waals surface area contributed by atoms with Gasteiger partial charge in [0.2, 0.25) is 5.78 Å². The van der Waals surface area contributed by atoms with Crippen molar-refractivity contribution in [2.45, 2.75) is 0 Å². The third-order valence-electron chi connectivity index (χ3n) is 1.80. The minimum Gasteiger partial charge on any atom is -0.418 e. The van der Waals surface area contributed by atoms with Crippen LogP contribution in [-0.2, 0) is 9.16 Å². The van der Waals surface area contributed by atoms with Crippen molar-refractivity contribution in [1.82, 2.24) is 0 Å². The highest BCUT2D eigenvalue weighted by Crippen LogP contribution is 2.23. The van der Waals surface area contributed by atoms with E-state index in [9.17, 15) is 22.1 Å². The maximum absolute atomic E-state index is 11.9. The first-order valence-electron chi connectivity index (χ1n) is 5.51. The maximum atomic E-state index is 11.9. The molecular weight excluding hydrogens is 279 g/mol. The zero-order valence-corrected chi connectivity index (χ0v) is 12.3. The van der Waals surface area contributed by atoms with E-state index in [0.717, 1.165) is 5.56 Å². The van der Waals surface area contributed by atoms with Crippen LogP contribution in [-0.4, -0.2) is 43.8 Å². The number of halogens is 4. The van der Waals surface area contributed by atoms with Gasteiger partial charge in [-0.15, -0.1) is 0 Å². The Morgan fingerprint density at radius 1 is 1.00 bits per heavy atom. The van der Waals surface area contributed by atoms with Crippen molar-refractivity contribution >= 4 is 22.2 Å². The van der Waals surface area contributed by atoms with Crippen molar-refractivity contribution in [2.24, 2.45) is 0 Å². The molecule has 0 atom stereocenters. The maximum Gasteiger partial charge on any atom is 0.673 e.